The molecule has 0 aliphatic heterocycles. The molecule has 0 radical (unpaired) electrons. The lowest BCUT2D eigenvalue weighted by Gasteiger charge is -2.22. The average Bonchev–Trinajstić information content (AvgIpc) is 3.34. The van der Waals surface area contributed by atoms with Gasteiger partial charge in [-0.25, -0.2) is 0 Å². The number of nitrogens with zero attached hydrogens (tertiary/aromatic N) is 1. The minimum Gasteiger partial charge on any atom is -0.382 e. The number of hydrogen-bond acceptors (Lipinski definition) is 3. The largest absolute Gasteiger partial charge is 0.382 e. The highest BCUT2D eigenvalue weighted by molar-refractivity contribution is 8.02. The van der Waals surface area contributed by atoms with E-state index in [4.69, 9.17) is 11.6 Å². The van der Waals surface area contributed by atoms with E-state index in [9.17, 15) is 4.79 Å². The third kappa shape index (κ3) is 4.02. The Morgan fingerprint density at radius 2 is 1.90 bits per heavy atom. The molecule has 1 aromatic carbocycles. The van der Waals surface area contributed by atoms with Gasteiger partial charge in [-0.1, -0.05) is 25.7 Å². The van der Waals surface area contributed by atoms with Gasteiger partial charge < -0.3 is 14.9 Å². The summed E-state index contributed by atoms with van der Waals surface area (Å²) >= 11 is 8.37. The van der Waals surface area contributed by atoms with Crippen LogP contribution in [0.4, 0.5) is 5.69 Å². The molecule has 2 saturated carbocycles. The third-order valence-corrected chi connectivity index (χ3v) is 8.21. The van der Waals surface area contributed by atoms with E-state index in [2.05, 4.69) is 28.5 Å². The first kappa shape index (κ1) is 20.1. The van der Waals surface area contributed by atoms with Crippen molar-refractivity contribution in [1.82, 2.24) is 9.55 Å². The summed E-state index contributed by atoms with van der Waals surface area (Å²) in [4.78, 5) is 16.9. The molecule has 0 bridgehead atoms. The van der Waals surface area contributed by atoms with Gasteiger partial charge >= 0.3 is 0 Å². The zero-order valence-corrected chi connectivity index (χ0v) is 18.9. The highest BCUT2D eigenvalue weighted by Gasteiger charge is 2.41. The molecule has 2 heterocycles. The van der Waals surface area contributed by atoms with Crippen molar-refractivity contribution in [3.05, 3.63) is 47.0 Å². The summed E-state index contributed by atoms with van der Waals surface area (Å²) in [6.45, 7) is 0. The van der Waals surface area contributed by atoms with Gasteiger partial charge in [0.25, 0.3) is 5.56 Å². The molecule has 5 rings (SSSR count). The number of pyridine rings is 1. The van der Waals surface area contributed by atoms with Gasteiger partial charge in [0.1, 0.15) is 5.52 Å². The summed E-state index contributed by atoms with van der Waals surface area (Å²) in [7, 11) is 1.82. The number of rotatable bonds is 5. The Balaban J connectivity index is 1.60. The number of hydrogen-bond donors (Lipinski definition) is 2. The number of benzene rings is 1. The summed E-state index contributed by atoms with van der Waals surface area (Å²) in [5.41, 5.74) is 4.02. The fourth-order valence-corrected chi connectivity index (χ4v) is 5.88. The van der Waals surface area contributed by atoms with Gasteiger partial charge in [-0.2, -0.15) is 0 Å². The second-order valence-corrected chi connectivity index (χ2v) is 11.2. The normalized spacial score (nSPS) is 19.0. The number of thioether (sulfide) groups is 1. The van der Waals surface area contributed by atoms with E-state index < -0.39 is 0 Å². The average molecular weight is 442 g/mol. The van der Waals surface area contributed by atoms with Crippen molar-refractivity contribution < 1.29 is 0 Å². The number of nitrogens with one attached hydrogen (secondary N) is 2. The molecule has 30 heavy (non-hydrogen) atoms. The van der Waals surface area contributed by atoms with Gasteiger partial charge in [0.15, 0.2) is 0 Å². The lowest BCUT2D eigenvalue weighted by atomic mass is 10.0. The quantitative estimate of drug-likeness (QED) is 0.351. The molecule has 6 heteroatoms. The second-order valence-electron chi connectivity index (χ2n) is 8.75. The SMILES string of the molecule is Cn1cc(-c2cc(SC3(Cl)CC3)ccc2NC2CCCCCC2)c2cc[nH]c2c1=O. The predicted molar refractivity (Wildman–Crippen MR) is 128 cm³/mol. The van der Waals surface area contributed by atoms with Crippen molar-refractivity contribution >= 4 is 40.0 Å². The minimum absolute atomic E-state index is 0.000230. The Morgan fingerprint density at radius 1 is 1.13 bits per heavy atom. The van der Waals surface area contributed by atoms with E-state index in [1.54, 1.807) is 16.3 Å². The molecule has 4 nitrogen and oxygen atoms in total. The first-order chi connectivity index (χ1) is 14.5. The molecule has 2 aliphatic carbocycles. The van der Waals surface area contributed by atoms with Crippen molar-refractivity contribution in [2.75, 3.05) is 5.32 Å². The second kappa shape index (κ2) is 8.01. The molecule has 0 amide bonds. The molecule has 158 valence electrons. The van der Waals surface area contributed by atoms with Crippen LogP contribution in [0.25, 0.3) is 22.0 Å². The van der Waals surface area contributed by atoms with Crippen LogP contribution >= 0.6 is 23.4 Å². The van der Waals surface area contributed by atoms with Crippen molar-refractivity contribution in [3.8, 4) is 11.1 Å². The Morgan fingerprint density at radius 3 is 2.63 bits per heavy atom. The molecule has 0 spiro atoms. The van der Waals surface area contributed by atoms with Crippen molar-refractivity contribution in [2.24, 2.45) is 7.05 Å². The molecular weight excluding hydrogens is 414 g/mol. The molecule has 2 N–H and O–H groups in total. The number of aryl methyl sites for hydroxylation is 1. The third-order valence-electron chi connectivity index (χ3n) is 6.33. The first-order valence-electron chi connectivity index (χ1n) is 11.0. The van der Waals surface area contributed by atoms with E-state index in [0.29, 0.717) is 11.6 Å². The number of alkyl halides is 1. The molecule has 0 atom stereocenters. The summed E-state index contributed by atoms with van der Waals surface area (Å²) in [5, 5.41) is 4.81. The van der Waals surface area contributed by atoms with Crippen LogP contribution in [0.1, 0.15) is 51.4 Å². The standard InChI is InChI=1S/C24H28ClN3OS/c1-28-15-20(18-10-13-26-22(18)23(28)29)19-14-17(30-24(25)11-12-24)8-9-21(19)27-16-6-4-2-3-5-7-16/h8-10,13-16,26-27H,2-7,11-12H2,1H3. The zero-order chi connectivity index (χ0) is 20.7. The highest BCUT2D eigenvalue weighted by atomic mass is 35.5. The summed E-state index contributed by atoms with van der Waals surface area (Å²) in [5.74, 6) is 0. The van der Waals surface area contributed by atoms with Crippen LogP contribution in [0.5, 0.6) is 0 Å². The fraction of sp³-hybridized carbons (Fsp3) is 0.458. The molecule has 0 saturated heterocycles. The Labute approximate surface area is 186 Å². The van der Waals surface area contributed by atoms with Crippen LogP contribution in [-0.4, -0.2) is 19.8 Å². The highest BCUT2D eigenvalue weighted by Crippen LogP contribution is 2.55. The van der Waals surface area contributed by atoms with Gasteiger partial charge in [-0.3, -0.25) is 4.79 Å². The van der Waals surface area contributed by atoms with Crippen LogP contribution in [0.2, 0.25) is 0 Å². The van der Waals surface area contributed by atoms with Crippen LogP contribution in [0, 0.1) is 0 Å². The van der Waals surface area contributed by atoms with E-state index >= 15 is 0 Å². The van der Waals surface area contributed by atoms with Crippen LogP contribution in [0.3, 0.4) is 0 Å². The summed E-state index contributed by atoms with van der Waals surface area (Å²) in [6, 6.07) is 9.14. The Kier molecular flexibility index (Phi) is 5.36. The van der Waals surface area contributed by atoms with Crippen LogP contribution in [-0.2, 0) is 7.05 Å². The van der Waals surface area contributed by atoms with Crippen molar-refractivity contribution in [1.29, 1.82) is 0 Å². The molecule has 3 aromatic rings. The van der Waals surface area contributed by atoms with Crippen molar-refractivity contribution in [3.63, 3.8) is 0 Å². The molecule has 2 aromatic heterocycles. The topological polar surface area (TPSA) is 49.8 Å². The van der Waals surface area contributed by atoms with Gasteiger partial charge in [-0.05, 0) is 49.9 Å². The molecule has 2 aliphatic rings. The van der Waals surface area contributed by atoms with E-state index in [1.807, 2.05) is 25.5 Å². The van der Waals surface area contributed by atoms with Crippen LogP contribution < -0.4 is 10.9 Å². The van der Waals surface area contributed by atoms with Gasteiger partial charge in [0, 0.05) is 52.6 Å². The number of anilines is 1. The maximum absolute atomic E-state index is 12.6. The number of fused-ring (bicyclic) bond motifs is 1. The smallest absolute Gasteiger partial charge is 0.274 e. The first-order valence-corrected chi connectivity index (χ1v) is 12.2. The van der Waals surface area contributed by atoms with Crippen molar-refractivity contribution in [2.45, 2.75) is 66.5 Å². The van der Waals surface area contributed by atoms with E-state index in [1.165, 1.54) is 43.4 Å². The summed E-state index contributed by atoms with van der Waals surface area (Å²) in [6.07, 6.45) is 13.6. The van der Waals surface area contributed by atoms with Gasteiger partial charge in [-0.15, -0.1) is 23.4 Å². The fourth-order valence-electron chi connectivity index (χ4n) is 4.47. The summed E-state index contributed by atoms with van der Waals surface area (Å²) < 4.78 is 1.54. The van der Waals surface area contributed by atoms with Gasteiger partial charge in [0.2, 0.25) is 0 Å². The predicted octanol–water partition coefficient (Wildman–Crippen LogP) is 6.49. The zero-order valence-electron chi connectivity index (χ0n) is 17.3. The monoisotopic (exact) mass is 441 g/mol. The Bertz CT molecular complexity index is 1120. The maximum Gasteiger partial charge on any atom is 0.274 e. The number of halogens is 1. The molecule has 0 unspecified atom stereocenters. The Hall–Kier alpha value is -1.85. The van der Waals surface area contributed by atoms with Crippen LogP contribution in [0.15, 0.2) is 46.3 Å². The number of aromatic nitrogens is 2. The lowest BCUT2D eigenvalue weighted by Crippen LogP contribution is -2.19. The molecule has 2 fully saturated rings. The van der Waals surface area contributed by atoms with E-state index in [-0.39, 0.29) is 9.77 Å². The van der Waals surface area contributed by atoms with Gasteiger partial charge in [0.05, 0.1) is 4.21 Å². The minimum atomic E-state index is -0.138. The lowest BCUT2D eigenvalue weighted by molar-refractivity contribution is 0.620. The van der Waals surface area contributed by atoms with E-state index in [0.717, 1.165) is 35.0 Å². The maximum atomic E-state index is 12.6. The molecular formula is C24H28ClN3OS. The number of H-pyrrole nitrogens is 1. The number of aromatic amines is 1.